The molecule has 6 heteroatoms. The molecule has 2 heterocycles. The molecule has 0 aliphatic heterocycles. The zero-order valence-electron chi connectivity index (χ0n) is 9.25. The van der Waals surface area contributed by atoms with Gasteiger partial charge in [-0.3, -0.25) is 0 Å². The standard InChI is InChI=1S/C12H8N2S4/c13-5-7-15-11-3-1-9(17-11)10-2-4-12(18-10)16-8-6-14/h1-4H,7-8H2. The molecule has 0 fully saturated rings. The van der Waals surface area contributed by atoms with Crippen LogP contribution in [0.3, 0.4) is 0 Å². The van der Waals surface area contributed by atoms with Crippen molar-refractivity contribution in [1.29, 1.82) is 10.5 Å². The Morgan fingerprint density at radius 2 is 1.28 bits per heavy atom. The summed E-state index contributed by atoms with van der Waals surface area (Å²) in [4.78, 5) is 2.45. The first-order chi connectivity index (χ1) is 8.83. The lowest BCUT2D eigenvalue weighted by molar-refractivity contribution is 1.49. The molecule has 0 bridgehead atoms. The fourth-order valence-electron chi connectivity index (χ4n) is 1.27. The summed E-state index contributed by atoms with van der Waals surface area (Å²) in [5.74, 6) is 0.987. The van der Waals surface area contributed by atoms with Crippen LogP contribution in [0.25, 0.3) is 9.75 Å². The summed E-state index contributed by atoms with van der Waals surface area (Å²) in [5.41, 5.74) is 0. The quantitative estimate of drug-likeness (QED) is 0.751. The maximum atomic E-state index is 8.54. The topological polar surface area (TPSA) is 47.6 Å². The van der Waals surface area contributed by atoms with E-state index in [0.717, 1.165) is 0 Å². The van der Waals surface area contributed by atoms with E-state index in [1.807, 2.05) is 0 Å². The molecule has 0 unspecified atom stereocenters. The molecule has 2 aromatic rings. The number of rotatable bonds is 5. The maximum absolute atomic E-state index is 8.54. The number of hydrogen-bond acceptors (Lipinski definition) is 6. The lowest BCUT2D eigenvalue weighted by Crippen LogP contribution is -1.65. The molecule has 0 atom stereocenters. The van der Waals surface area contributed by atoms with Crippen LogP contribution >= 0.6 is 46.2 Å². The van der Waals surface area contributed by atoms with Gasteiger partial charge in [-0.15, -0.1) is 46.2 Å². The van der Waals surface area contributed by atoms with Gasteiger partial charge >= 0.3 is 0 Å². The average Bonchev–Trinajstić information content (AvgIpc) is 3.02. The van der Waals surface area contributed by atoms with E-state index in [1.54, 1.807) is 46.2 Å². The van der Waals surface area contributed by atoms with Gasteiger partial charge in [0.1, 0.15) is 0 Å². The van der Waals surface area contributed by atoms with E-state index in [-0.39, 0.29) is 0 Å². The van der Waals surface area contributed by atoms with Gasteiger partial charge in [0.25, 0.3) is 0 Å². The largest absolute Gasteiger partial charge is 0.197 e. The van der Waals surface area contributed by atoms with Gasteiger partial charge in [0, 0.05) is 9.75 Å². The molecule has 0 aliphatic rings. The first-order valence-electron chi connectivity index (χ1n) is 5.03. The summed E-state index contributed by atoms with van der Waals surface area (Å²) in [6, 6.07) is 12.6. The number of nitriles is 2. The summed E-state index contributed by atoms with van der Waals surface area (Å²) in [5, 5.41) is 17.1. The SMILES string of the molecule is N#CCSc1ccc(-c2ccc(SCC#N)s2)s1. The second-order valence-electron chi connectivity index (χ2n) is 3.13. The third-order valence-electron chi connectivity index (χ3n) is 1.96. The molecular formula is C12H8N2S4. The van der Waals surface area contributed by atoms with Crippen molar-refractivity contribution in [3.8, 4) is 21.9 Å². The zero-order valence-corrected chi connectivity index (χ0v) is 12.5. The van der Waals surface area contributed by atoms with Crippen molar-refractivity contribution in [2.45, 2.75) is 8.42 Å². The molecule has 0 spiro atoms. The summed E-state index contributed by atoms with van der Waals surface area (Å²) in [6.45, 7) is 0. The highest BCUT2D eigenvalue weighted by atomic mass is 32.2. The van der Waals surface area contributed by atoms with Gasteiger partial charge in [0.15, 0.2) is 0 Å². The summed E-state index contributed by atoms with van der Waals surface area (Å²) in [6.07, 6.45) is 0. The Labute approximate surface area is 122 Å². The fraction of sp³-hybridized carbons (Fsp3) is 0.167. The molecular weight excluding hydrogens is 300 g/mol. The van der Waals surface area contributed by atoms with Crippen LogP contribution in [-0.2, 0) is 0 Å². The highest BCUT2D eigenvalue weighted by Crippen LogP contribution is 2.39. The number of nitrogens with zero attached hydrogens (tertiary/aromatic N) is 2. The van der Waals surface area contributed by atoms with Gasteiger partial charge in [-0.1, -0.05) is 0 Å². The fourth-order valence-corrected chi connectivity index (χ4v) is 4.94. The van der Waals surface area contributed by atoms with Gasteiger partial charge in [-0.25, -0.2) is 0 Å². The Bertz CT molecular complexity index is 546. The van der Waals surface area contributed by atoms with E-state index in [9.17, 15) is 0 Å². The lowest BCUT2D eigenvalue weighted by Gasteiger charge is -1.90. The van der Waals surface area contributed by atoms with Crippen LogP contribution in [0.4, 0.5) is 0 Å². The van der Waals surface area contributed by atoms with Crippen molar-refractivity contribution in [3.63, 3.8) is 0 Å². The molecule has 2 aromatic heterocycles. The Kier molecular flexibility index (Phi) is 5.15. The number of thioether (sulfide) groups is 2. The van der Waals surface area contributed by atoms with Crippen molar-refractivity contribution < 1.29 is 0 Å². The van der Waals surface area contributed by atoms with Crippen molar-refractivity contribution in [1.82, 2.24) is 0 Å². The van der Waals surface area contributed by atoms with Gasteiger partial charge in [0.05, 0.1) is 32.1 Å². The number of thiophene rings is 2. The van der Waals surface area contributed by atoms with E-state index >= 15 is 0 Å². The van der Waals surface area contributed by atoms with Crippen LogP contribution in [0.15, 0.2) is 32.7 Å². The second-order valence-corrected chi connectivity index (χ2v) is 7.85. The Balaban J connectivity index is 2.07. The Hall–Kier alpha value is -0.920. The predicted octanol–water partition coefficient (Wildman–Crippen LogP) is 4.71. The van der Waals surface area contributed by atoms with Crippen LogP contribution < -0.4 is 0 Å². The molecule has 0 aromatic carbocycles. The van der Waals surface area contributed by atoms with Crippen LogP contribution in [0.5, 0.6) is 0 Å². The molecule has 0 radical (unpaired) electrons. The van der Waals surface area contributed by atoms with E-state index in [2.05, 4.69) is 36.4 Å². The average molecular weight is 308 g/mol. The van der Waals surface area contributed by atoms with Gasteiger partial charge in [-0.05, 0) is 24.3 Å². The highest BCUT2D eigenvalue weighted by molar-refractivity contribution is 8.01. The first kappa shape index (κ1) is 13.5. The Morgan fingerprint density at radius 1 is 0.833 bits per heavy atom. The summed E-state index contributed by atoms with van der Waals surface area (Å²) in [7, 11) is 0. The number of hydrogen-bond donors (Lipinski definition) is 0. The molecule has 2 nitrogen and oxygen atoms in total. The third-order valence-corrected chi connectivity index (χ3v) is 6.51. The third kappa shape index (κ3) is 3.54. The molecule has 0 saturated carbocycles. The molecule has 90 valence electrons. The van der Waals surface area contributed by atoms with Crippen LogP contribution in [0.1, 0.15) is 0 Å². The van der Waals surface area contributed by atoms with E-state index in [1.165, 1.54) is 18.2 Å². The van der Waals surface area contributed by atoms with Crippen molar-refractivity contribution in [2.24, 2.45) is 0 Å². The molecule has 0 N–H and O–H groups in total. The first-order valence-corrected chi connectivity index (χ1v) is 8.63. The van der Waals surface area contributed by atoms with Crippen LogP contribution in [-0.4, -0.2) is 11.5 Å². The van der Waals surface area contributed by atoms with Crippen molar-refractivity contribution in [3.05, 3.63) is 24.3 Å². The molecule has 2 rings (SSSR count). The highest BCUT2D eigenvalue weighted by Gasteiger charge is 2.07. The zero-order chi connectivity index (χ0) is 12.8. The molecule has 0 amide bonds. The maximum Gasteiger partial charge on any atom is 0.0863 e. The van der Waals surface area contributed by atoms with Gasteiger partial charge in [0.2, 0.25) is 0 Å². The minimum Gasteiger partial charge on any atom is -0.197 e. The van der Waals surface area contributed by atoms with Crippen molar-refractivity contribution >= 4 is 46.2 Å². The van der Waals surface area contributed by atoms with E-state index < -0.39 is 0 Å². The van der Waals surface area contributed by atoms with Gasteiger partial charge in [-0.2, -0.15) is 10.5 Å². The predicted molar refractivity (Wildman–Crippen MR) is 80.3 cm³/mol. The smallest absolute Gasteiger partial charge is 0.0863 e. The molecule has 0 aliphatic carbocycles. The monoisotopic (exact) mass is 308 g/mol. The van der Waals surface area contributed by atoms with Crippen LogP contribution in [0, 0.1) is 22.7 Å². The van der Waals surface area contributed by atoms with E-state index in [0.29, 0.717) is 11.5 Å². The second kappa shape index (κ2) is 6.86. The Morgan fingerprint density at radius 3 is 1.67 bits per heavy atom. The minimum absolute atomic E-state index is 0.494. The summed E-state index contributed by atoms with van der Waals surface area (Å²) >= 11 is 6.56. The molecule has 0 saturated heterocycles. The van der Waals surface area contributed by atoms with Gasteiger partial charge < -0.3 is 0 Å². The van der Waals surface area contributed by atoms with Crippen LogP contribution in [0.2, 0.25) is 0 Å². The minimum atomic E-state index is 0.494. The summed E-state index contributed by atoms with van der Waals surface area (Å²) < 4.78 is 2.34. The normalized spacial score (nSPS) is 9.89. The molecule has 18 heavy (non-hydrogen) atoms. The van der Waals surface area contributed by atoms with Crippen molar-refractivity contribution in [2.75, 3.05) is 11.5 Å². The van der Waals surface area contributed by atoms with E-state index in [4.69, 9.17) is 10.5 Å². The lowest BCUT2D eigenvalue weighted by atomic mass is 10.4.